The van der Waals surface area contributed by atoms with Crippen LogP contribution in [0.15, 0.2) is 48.5 Å². The molecule has 2 nitrogen and oxygen atoms in total. The number of aromatic nitrogens is 2. The minimum atomic E-state index is -0.323. The summed E-state index contributed by atoms with van der Waals surface area (Å²) in [6, 6.07) is 13.8. The zero-order chi connectivity index (χ0) is 14.8. The van der Waals surface area contributed by atoms with Gasteiger partial charge in [0.2, 0.25) is 0 Å². The second-order valence-electron chi connectivity index (χ2n) is 4.59. The largest absolute Gasteiger partial charge is 0.233 e. The number of hydrogen-bond acceptors (Lipinski definition) is 2. The summed E-state index contributed by atoms with van der Waals surface area (Å²) in [5, 5.41) is 0.640. The first kappa shape index (κ1) is 13.7. The Kier molecular flexibility index (Phi) is 3.67. The van der Waals surface area contributed by atoms with Crippen molar-refractivity contribution < 1.29 is 4.39 Å². The van der Waals surface area contributed by atoms with Crippen LogP contribution in [0.4, 0.5) is 4.39 Å². The third-order valence-electron chi connectivity index (χ3n) is 3.10. The van der Waals surface area contributed by atoms with Gasteiger partial charge < -0.3 is 0 Å². The summed E-state index contributed by atoms with van der Waals surface area (Å²) in [7, 11) is 0. The average molecular weight is 298 g/mol. The van der Waals surface area contributed by atoms with Gasteiger partial charge in [-0.25, -0.2) is 14.4 Å². The number of hydrogen-bond donors (Lipinski definition) is 0. The first-order valence-electron chi connectivity index (χ1n) is 6.42. The van der Waals surface area contributed by atoms with Crippen molar-refractivity contribution in [1.82, 2.24) is 9.97 Å². The standard InChI is InChI=1S/C17H11ClFN2/c1-11-20-10-15(14-4-2-3-5-16(14)19)17(21-11)12-6-8-13(18)9-7-12/h2-9H,1H3. The number of halogens is 2. The van der Waals surface area contributed by atoms with Crippen LogP contribution in [0.2, 0.25) is 5.02 Å². The lowest BCUT2D eigenvalue weighted by Gasteiger charge is -2.10. The quantitative estimate of drug-likeness (QED) is 0.684. The second kappa shape index (κ2) is 5.62. The van der Waals surface area contributed by atoms with E-state index in [1.54, 1.807) is 37.3 Å². The fourth-order valence-electron chi connectivity index (χ4n) is 2.10. The highest BCUT2D eigenvalue weighted by atomic mass is 35.5. The van der Waals surface area contributed by atoms with Gasteiger partial charge in [0.05, 0.1) is 5.69 Å². The highest BCUT2D eigenvalue weighted by Gasteiger charge is 2.14. The van der Waals surface area contributed by atoms with E-state index in [0.717, 1.165) is 5.56 Å². The Morgan fingerprint density at radius 2 is 1.76 bits per heavy atom. The van der Waals surface area contributed by atoms with E-state index in [0.29, 0.717) is 27.7 Å². The van der Waals surface area contributed by atoms with Crippen LogP contribution in [0, 0.1) is 18.9 Å². The highest BCUT2D eigenvalue weighted by Crippen LogP contribution is 2.31. The fourth-order valence-corrected chi connectivity index (χ4v) is 2.23. The molecule has 3 aromatic rings. The first-order chi connectivity index (χ1) is 10.1. The lowest BCUT2D eigenvalue weighted by molar-refractivity contribution is 0.631. The predicted octanol–water partition coefficient (Wildman–Crippen LogP) is 4.71. The molecule has 0 aliphatic rings. The molecule has 0 saturated heterocycles. The van der Waals surface area contributed by atoms with E-state index in [4.69, 9.17) is 11.6 Å². The second-order valence-corrected chi connectivity index (χ2v) is 5.03. The third kappa shape index (κ3) is 2.78. The minimum Gasteiger partial charge on any atom is -0.233 e. The molecule has 0 aliphatic carbocycles. The Morgan fingerprint density at radius 1 is 1.05 bits per heavy atom. The zero-order valence-corrected chi connectivity index (χ0v) is 12.0. The Labute approximate surface area is 127 Å². The molecular formula is C17H11ClFN2. The van der Waals surface area contributed by atoms with Gasteiger partial charge in [-0.3, -0.25) is 0 Å². The maximum Gasteiger partial charge on any atom is 0.131 e. The monoisotopic (exact) mass is 297 g/mol. The van der Waals surface area contributed by atoms with Crippen LogP contribution in [-0.4, -0.2) is 9.97 Å². The topological polar surface area (TPSA) is 25.8 Å². The molecule has 0 bridgehead atoms. The van der Waals surface area contributed by atoms with Crippen molar-refractivity contribution in [2.45, 2.75) is 6.92 Å². The fraction of sp³-hybridized carbons (Fsp3) is 0.0588. The van der Waals surface area contributed by atoms with Gasteiger partial charge in [-0.2, -0.15) is 0 Å². The Balaban J connectivity index is 2.23. The van der Waals surface area contributed by atoms with E-state index >= 15 is 0 Å². The molecule has 21 heavy (non-hydrogen) atoms. The van der Waals surface area contributed by atoms with Gasteiger partial charge in [0.25, 0.3) is 0 Å². The van der Waals surface area contributed by atoms with Crippen molar-refractivity contribution in [3.8, 4) is 22.4 Å². The van der Waals surface area contributed by atoms with Crippen LogP contribution in [0.1, 0.15) is 5.82 Å². The molecular weight excluding hydrogens is 287 g/mol. The summed E-state index contributed by atoms with van der Waals surface area (Å²) in [4.78, 5) is 8.51. The molecule has 103 valence electrons. The van der Waals surface area contributed by atoms with E-state index in [2.05, 4.69) is 16.2 Å². The molecule has 4 heteroatoms. The molecule has 0 amide bonds. The van der Waals surface area contributed by atoms with Crippen LogP contribution in [-0.2, 0) is 0 Å². The number of benzene rings is 2. The molecule has 0 N–H and O–H groups in total. The van der Waals surface area contributed by atoms with Crippen molar-refractivity contribution in [2.75, 3.05) is 0 Å². The summed E-state index contributed by atoms with van der Waals surface area (Å²) in [6.45, 7) is 1.78. The average Bonchev–Trinajstić information content (AvgIpc) is 2.49. The minimum absolute atomic E-state index is 0.323. The highest BCUT2D eigenvalue weighted by molar-refractivity contribution is 6.30. The summed E-state index contributed by atoms with van der Waals surface area (Å²) in [5.41, 5.74) is 2.46. The molecule has 1 aromatic heterocycles. The van der Waals surface area contributed by atoms with Crippen molar-refractivity contribution >= 4 is 11.6 Å². The number of aryl methyl sites for hydroxylation is 1. The van der Waals surface area contributed by atoms with Crippen molar-refractivity contribution in [3.05, 3.63) is 71.4 Å². The lowest BCUT2D eigenvalue weighted by atomic mass is 10.0. The van der Waals surface area contributed by atoms with Crippen molar-refractivity contribution in [3.63, 3.8) is 0 Å². The van der Waals surface area contributed by atoms with Gasteiger partial charge >= 0.3 is 0 Å². The number of rotatable bonds is 2. The van der Waals surface area contributed by atoms with E-state index in [1.165, 1.54) is 6.07 Å². The summed E-state index contributed by atoms with van der Waals surface area (Å²) < 4.78 is 14.0. The normalized spacial score (nSPS) is 10.6. The summed E-state index contributed by atoms with van der Waals surface area (Å²) in [5.74, 6) is 0.261. The molecule has 3 rings (SSSR count). The third-order valence-corrected chi connectivity index (χ3v) is 3.35. The van der Waals surface area contributed by atoms with Gasteiger partial charge in [0.1, 0.15) is 17.8 Å². The Bertz CT molecular complexity index is 785. The SMILES string of the molecule is Cc1n[c]c(-c2ccccc2F)c(-c2ccc(Cl)cc2)n1. The number of nitrogens with zero attached hydrogens (tertiary/aromatic N) is 2. The van der Waals surface area contributed by atoms with E-state index in [-0.39, 0.29) is 5.82 Å². The van der Waals surface area contributed by atoms with E-state index in [9.17, 15) is 4.39 Å². The molecule has 0 spiro atoms. The maximum atomic E-state index is 14.0. The van der Waals surface area contributed by atoms with Gasteiger partial charge in [0.15, 0.2) is 0 Å². The molecule has 1 heterocycles. The van der Waals surface area contributed by atoms with Gasteiger partial charge in [-0.1, -0.05) is 41.9 Å². The molecule has 0 saturated carbocycles. The van der Waals surface area contributed by atoms with Crippen LogP contribution in [0.5, 0.6) is 0 Å². The van der Waals surface area contributed by atoms with Gasteiger partial charge in [0, 0.05) is 21.7 Å². The van der Waals surface area contributed by atoms with Crippen LogP contribution in [0.25, 0.3) is 22.4 Å². The zero-order valence-electron chi connectivity index (χ0n) is 11.3. The van der Waals surface area contributed by atoms with E-state index < -0.39 is 0 Å². The van der Waals surface area contributed by atoms with Crippen molar-refractivity contribution in [1.29, 1.82) is 0 Å². The van der Waals surface area contributed by atoms with Crippen LogP contribution in [0.3, 0.4) is 0 Å². The maximum absolute atomic E-state index is 14.0. The summed E-state index contributed by atoms with van der Waals surface area (Å²) in [6.07, 6.45) is 2.89. The molecule has 2 aromatic carbocycles. The summed E-state index contributed by atoms with van der Waals surface area (Å²) >= 11 is 5.91. The van der Waals surface area contributed by atoms with Gasteiger partial charge in [-0.15, -0.1) is 0 Å². The molecule has 0 unspecified atom stereocenters. The lowest BCUT2D eigenvalue weighted by Crippen LogP contribution is -1.97. The van der Waals surface area contributed by atoms with Crippen LogP contribution >= 0.6 is 11.6 Å². The Morgan fingerprint density at radius 3 is 2.48 bits per heavy atom. The Hall–Kier alpha value is -2.26. The molecule has 0 aliphatic heterocycles. The molecule has 0 atom stereocenters. The smallest absolute Gasteiger partial charge is 0.131 e. The van der Waals surface area contributed by atoms with Crippen molar-refractivity contribution in [2.24, 2.45) is 0 Å². The predicted molar refractivity (Wildman–Crippen MR) is 81.4 cm³/mol. The molecule has 1 radical (unpaired) electrons. The van der Waals surface area contributed by atoms with Crippen LogP contribution < -0.4 is 0 Å². The van der Waals surface area contributed by atoms with Gasteiger partial charge in [-0.05, 0) is 25.1 Å². The van der Waals surface area contributed by atoms with E-state index in [1.807, 2.05) is 12.1 Å². The first-order valence-corrected chi connectivity index (χ1v) is 6.80. The molecule has 0 fully saturated rings.